The van der Waals surface area contributed by atoms with Crippen LogP contribution in [0.1, 0.15) is 32.9 Å². The number of halogens is 1. The summed E-state index contributed by atoms with van der Waals surface area (Å²) < 4.78 is 1.79. The Balaban J connectivity index is 1.62. The van der Waals surface area contributed by atoms with E-state index in [1.807, 2.05) is 40.1 Å². The number of aromatic nitrogens is 2. The van der Waals surface area contributed by atoms with Crippen LogP contribution < -0.4 is 5.32 Å². The number of amides is 1. The largest absolute Gasteiger partial charge is 0.348 e. The van der Waals surface area contributed by atoms with Crippen molar-refractivity contribution in [2.75, 3.05) is 14.1 Å². The van der Waals surface area contributed by atoms with E-state index in [-0.39, 0.29) is 5.91 Å². The summed E-state index contributed by atoms with van der Waals surface area (Å²) in [6.07, 6.45) is 0. The maximum absolute atomic E-state index is 12.4. The summed E-state index contributed by atoms with van der Waals surface area (Å²) in [7, 11) is 4.09. The Morgan fingerprint density at radius 1 is 1.04 bits per heavy atom. The van der Waals surface area contributed by atoms with Gasteiger partial charge in [0.15, 0.2) is 0 Å². The van der Waals surface area contributed by atoms with E-state index < -0.39 is 0 Å². The molecule has 0 unspecified atom stereocenters. The van der Waals surface area contributed by atoms with Gasteiger partial charge in [0, 0.05) is 18.7 Å². The molecule has 0 saturated heterocycles. The molecule has 3 rings (SSSR count). The molecule has 0 spiro atoms. The SMILES string of the molecule is Cc1nn(-c2ccc(C(=O)NCc3ccc(CN(C)C)cc3)cc2)c(C)c1Cl. The van der Waals surface area contributed by atoms with E-state index in [0.29, 0.717) is 17.1 Å². The molecule has 3 aromatic rings. The van der Waals surface area contributed by atoms with Gasteiger partial charge in [0.2, 0.25) is 0 Å². The van der Waals surface area contributed by atoms with Gasteiger partial charge in [-0.05, 0) is 63.3 Å². The lowest BCUT2D eigenvalue weighted by molar-refractivity contribution is 0.0951. The number of nitrogens with one attached hydrogen (secondary N) is 1. The number of benzene rings is 2. The molecule has 0 aliphatic carbocycles. The highest BCUT2D eigenvalue weighted by atomic mass is 35.5. The van der Waals surface area contributed by atoms with E-state index in [1.165, 1.54) is 5.56 Å². The molecule has 0 atom stereocenters. The van der Waals surface area contributed by atoms with Gasteiger partial charge in [-0.15, -0.1) is 0 Å². The molecule has 1 aromatic heterocycles. The molecular formula is C22H25ClN4O. The minimum atomic E-state index is -0.102. The molecule has 146 valence electrons. The molecule has 0 aliphatic heterocycles. The molecule has 0 radical (unpaired) electrons. The first kappa shape index (κ1) is 20.1. The zero-order valence-corrected chi connectivity index (χ0v) is 17.4. The van der Waals surface area contributed by atoms with Crippen molar-refractivity contribution in [1.82, 2.24) is 20.0 Å². The standard InChI is InChI=1S/C22H25ClN4O/c1-15-21(23)16(2)27(25-15)20-11-9-19(10-12-20)22(28)24-13-17-5-7-18(8-6-17)14-26(3)4/h5-12H,13-14H2,1-4H3,(H,24,28). The van der Waals surface area contributed by atoms with E-state index in [9.17, 15) is 4.79 Å². The summed E-state index contributed by atoms with van der Waals surface area (Å²) in [4.78, 5) is 14.6. The molecule has 28 heavy (non-hydrogen) atoms. The van der Waals surface area contributed by atoms with Crippen LogP contribution in [-0.4, -0.2) is 34.7 Å². The second-order valence-corrected chi connectivity index (χ2v) is 7.56. The fraction of sp³-hybridized carbons (Fsp3) is 0.273. The lowest BCUT2D eigenvalue weighted by Gasteiger charge is -2.11. The van der Waals surface area contributed by atoms with Crippen molar-refractivity contribution in [3.8, 4) is 5.69 Å². The van der Waals surface area contributed by atoms with Crippen molar-refractivity contribution in [2.45, 2.75) is 26.9 Å². The number of carbonyl (C=O) groups is 1. The lowest BCUT2D eigenvalue weighted by Crippen LogP contribution is -2.22. The van der Waals surface area contributed by atoms with Crippen molar-refractivity contribution in [1.29, 1.82) is 0 Å². The second-order valence-electron chi connectivity index (χ2n) is 7.18. The average Bonchev–Trinajstić information content (AvgIpc) is 2.94. The van der Waals surface area contributed by atoms with Crippen molar-refractivity contribution >= 4 is 17.5 Å². The highest BCUT2D eigenvalue weighted by molar-refractivity contribution is 6.31. The molecule has 6 heteroatoms. The van der Waals surface area contributed by atoms with Gasteiger partial charge in [0.05, 0.1) is 22.1 Å². The molecule has 5 nitrogen and oxygen atoms in total. The van der Waals surface area contributed by atoms with Gasteiger partial charge >= 0.3 is 0 Å². The van der Waals surface area contributed by atoms with Gasteiger partial charge in [-0.1, -0.05) is 35.9 Å². The highest BCUT2D eigenvalue weighted by Gasteiger charge is 2.11. The normalized spacial score (nSPS) is 11.1. The van der Waals surface area contributed by atoms with Gasteiger partial charge in [-0.3, -0.25) is 4.79 Å². The average molecular weight is 397 g/mol. The summed E-state index contributed by atoms with van der Waals surface area (Å²) in [5.41, 5.74) is 5.48. The Morgan fingerprint density at radius 2 is 1.64 bits per heavy atom. The molecule has 1 amide bonds. The molecule has 2 aromatic carbocycles. The Morgan fingerprint density at radius 3 is 2.18 bits per heavy atom. The van der Waals surface area contributed by atoms with E-state index in [0.717, 1.165) is 29.2 Å². The van der Waals surface area contributed by atoms with Gasteiger partial charge in [-0.2, -0.15) is 5.10 Å². The number of carbonyl (C=O) groups excluding carboxylic acids is 1. The minimum Gasteiger partial charge on any atom is -0.348 e. The fourth-order valence-corrected chi connectivity index (χ4v) is 3.16. The third kappa shape index (κ3) is 4.61. The van der Waals surface area contributed by atoms with Gasteiger partial charge in [0.1, 0.15) is 0 Å². The Bertz CT molecular complexity index is 959. The van der Waals surface area contributed by atoms with E-state index >= 15 is 0 Å². The quantitative estimate of drug-likeness (QED) is 0.681. The molecule has 0 fully saturated rings. The van der Waals surface area contributed by atoms with Crippen LogP contribution in [0.2, 0.25) is 5.02 Å². The number of rotatable bonds is 6. The van der Waals surface area contributed by atoms with Crippen LogP contribution in [0.25, 0.3) is 5.69 Å². The monoisotopic (exact) mass is 396 g/mol. The Kier molecular flexibility index (Phi) is 6.17. The number of hydrogen-bond donors (Lipinski definition) is 1. The Hall–Kier alpha value is -2.63. The molecule has 0 aliphatic rings. The third-order valence-electron chi connectivity index (χ3n) is 4.55. The summed E-state index contributed by atoms with van der Waals surface area (Å²) in [6, 6.07) is 15.6. The summed E-state index contributed by atoms with van der Waals surface area (Å²) >= 11 is 6.21. The van der Waals surface area contributed by atoms with Gasteiger partial charge < -0.3 is 10.2 Å². The van der Waals surface area contributed by atoms with E-state index in [2.05, 4.69) is 39.6 Å². The van der Waals surface area contributed by atoms with Crippen molar-refractivity contribution in [2.24, 2.45) is 0 Å². The van der Waals surface area contributed by atoms with Crippen LogP contribution >= 0.6 is 11.6 Å². The Labute approximate surface area is 170 Å². The van der Waals surface area contributed by atoms with Crippen LogP contribution in [-0.2, 0) is 13.1 Å². The van der Waals surface area contributed by atoms with Crippen molar-refractivity contribution in [3.63, 3.8) is 0 Å². The van der Waals surface area contributed by atoms with Crippen molar-refractivity contribution < 1.29 is 4.79 Å². The minimum absolute atomic E-state index is 0.102. The second kappa shape index (κ2) is 8.59. The predicted molar refractivity (Wildman–Crippen MR) is 113 cm³/mol. The third-order valence-corrected chi connectivity index (χ3v) is 5.10. The molecule has 1 heterocycles. The molecular weight excluding hydrogens is 372 g/mol. The zero-order valence-electron chi connectivity index (χ0n) is 16.7. The first-order valence-corrected chi connectivity index (χ1v) is 9.56. The number of hydrogen-bond acceptors (Lipinski definition) is 3. The molecule has 1 N–H and O–H groups in total. The number of nitrogens with zero attached hydrogens (tertiary/aromatic N) is 3. The first-order valence-electron chi connectivity index (χ1n) is 9.18. The maximum atomic E-state index is 12.4. The summed E-state index contributed by atoms with van der Waals surface area (Å²) in [5, 5.41) is 8.07. The van der Waals surface area contributed by atoms with E-state index in [4.69, 9.17) is 11.6 Å². The summed E-state index contributed by atoms with van der Waals surface area (Å²) in [5.74, 6) is -0.102. The topological polar surface area (TPSA) is 50.2 Å². The predicted octanol–water partition coefficient (Wildman–Crippen LogP) is 4.13. The van der Waals surface area contributed by atoms with Crippen LogP contribution in [0.4, 0.5) is 0 Å². The maximum Gasteiger partial charge on any atom is 0.251 e. The first-order chi connectivity index (χ1) is 13.3. The van der Waals surface area contributed by atoms with Gasteiger partial charge in [-0.25, -0.2) is 4.68 Å². The highest BCUT2D eigenvalue weighted by Crippen LogP contribution is 2.22. The lowest BCUT2D eigenvalue weighted by atomic mass is 10.1. The van der Waals surface area contributed by atoms with Crippen molar-refractivity contribution in [3.05, 3.63) is 81.6 Å². The van der Waals surface area contributed by atoms with Crippen LogP contribution in [0.15, 0.2) is 48.5 Å². The summed E-state index contributed by atoms with van der Waals surface area (Å²) in [6.45, 7) is 5.20. The molecule has 0 bridgehead atoms. The smallest absolute Gasteiger partial charge is 0.251 e. The zero-order chi connectivity index (χ0) is 20.3. The van der Waals surface area contributed by atoms with Crippen LogP contribution in [0.3, 0.4) is 0 Å². The van der Waals surface area contributed by atoms with Crippen LogP contribution in [0.5, 0.6) is 0 Å². The van der Waals surface area contributed by atoms with Gasteiger partial charge in [0.25, 0.3) is 5.91 Å². The van der Waals surface area contributed by atoms with E-state index in [1.54, 1.807) is 16.8 Å². The molecule has 0 saturated carbocycles. The fourth-order valence-electron chi connectivity index (χ4n) is 3.04. The number of aryl methyl sites for hydroxylation is 1. The van der Waals surface area contributed by atoms with Crippen LogP contribution in [0, 0.1) is 13.8 Å².